The van der Waals surface area contributed by atoms with Crippen LogP contribution >= 0.6 is 0 Å². The maximum Gasteiger partial charge on any atom is -0.0105 e. The highest BCUT2D eigenvalue weighted by atomic mass is 14.5. The second kappa shape index (κ2) is 3.35. The molecule has 83 valence electrons. The highest BCUT2D eigenvalue weighted by Crippen LogP contribution is 2.59. The molecule has 0 atom stereocenters. The van der Waals surface area contributed by atoms with E-state index in [2.05, 4.69) is 24.3 Å². The Morgan fingerprint density at radius 1 is 0.938 bits per heavy atom. The molecular formula is C16H19. The molecule has 0 amide bonds. The molecule has 0 heteroatoms. The minimum atomic E-state index is 0.880. The molecule has 4 aliphatic carbocycles. The molecule has 0 unspecified atom stereocenters. The quantitative estimate of drug-likeness (QED) is 0.658. The van der Waals surface area contributed by atoms with Gasteiger partial charge < -0.3 is 0 Å². The van der Waals surface area contributed by atoms with Crippen molar-refractivity contribution in [1.82, 2.24) is 0 Å². The highest BCUT2D eigenvalue weighted by Gasteiger charge is 2.48. The first kappa shape index (κ1) is 9.27. The fourth-order valence-electron chi connectivity index (χ4n) is 5.08. The van der Waals surface area contributed by atoms with Gasteiger partial charge in [0.05, 0.1) is 0 Å². The predicted molar refractivity (Wildman–Crippen MR) is 65.1 cm³/mol. The van der Waals surface area contributed by atoms with Crippen molar-refractivity contribution in [3.8, 4) is 0 Å². The lowest BCUT2D eigenvalue weighted by Crippen LogP contribution is -2.43. The van der Waals surface area contributed by atoms with Crippen molar-refractivity contribution in [3.63, 3.8) is 0 Å². The number of rotatable bonds is 1. The van der Waals surface area contributed by atoms with Gasteiger partial charge in [0.1, 0.15) is 0 Å². The van der Waals surface area contributed by atoms with Crippen LogP contribution in [0.1, 0.15) is 43.6 Å². The Labute approximate surface area is 98.1 Å². The molecule has 1 aromatic carbocycles. The van der Waals surface area contributed by atoms with Gasteiger partial charge in [-0.2, -0.15) is 0 Å². The van der Waals surface area contributed by atoms with Gasteiger partial charge in [0.25, 0.3) is 0 Å². The van der Waals surface area contributed by atoms with E-state index in [1.807, 2.05) is 6.07 Å². The molecule has 1 radical (unpaired) electrons. The summed E-state index contributed by atoms with van der Waals surface area (Å²) in [6, 6.07) is 12.0. The van der Waals surface area contributed by atoms with E-state index >= 15 is 0 Å². The van der Waals surface area contributed by atoms with Crippen LogP contribution in [0.2, 0.25) is 0 Å². The highest BCUT2D eigenvalue weighted by molar-refractivity contribution is 5.23. The molecule has 4 aliphatic rings. The third-order valence-corrected chi connectivity index (χ3v) is 5.34. The molecule has 16 heavy (non-hydrogen) atoms. The average Bonchev–Trinajstić information content (AvgIpc) is 2.29. The van der Waals surface area contributed by atoms with E-state index in [4.69, 9.17) is 0 Å². The third-order valence-electron chi connectivity index (χ3n) is 5.34. The molecule has 0 heterocycles. The number of hydrogen-bond acceptors (Lipinski definition) is 0. The van der Waals surface area contributed by atoms with Gasteiger partial charge in [0.2, 0.25) is 0 Å². The van der Waals surface area contributed by atoms with Crippen LogP contribution in [0.4, 0.5) is 0 Å². The van der Waals surface area contributed by atoms with Crippen LogP contribution in [0.15, 0.2) is 24.3 Å². The van der Waals surface area contributed by atoms with E-state index in [9.17, 15) is 0 Å². The van der Waals surface area contributed by atoms with Crippen LogP contribution in [0.25, 0.3) is 0 Å². The molecule has 4 saturated carbocycles. The van der Waals surface area contributed by atoms with Gasteiger partial charge >= 0.3 is 0 Å². The lowest BCUT2D eigenvalue weighted by molar-refractivity contribution is -0.00278. The van der Waals surface area contributed by atoms with Gasteiger partial charge in [0, 0.05) is 0 Å². The monoisotopic (exact) mass is 211 g/mol. The Bertz CT molecular complexity index is 350. The van der Waals surface area contributed by atoms with Crippen molar-refractivity contribution in [1.29, 1.82) is 0 Å². The summed E-state index contributed by atoms with van der Waals surface area (Å²) in [7, 11) is 0. The molecule has 0 saturated heterocycles. The Balaban J connectivity index is 1.70. The lowest BCUT2D eigenvalue weighted by atomic mass is 9.51. The molecular weight excluding hydrogens is 192 g/mol. The minimum absolute atomic E-state index is 0.880. The summed E-state index contributed by atoms with van der Waals surface area (Å²) >= 11 is 0. The molecule has 4 bridgehead atoms. The first-order chi connectivity index (χ1) is 7.90. The second-order valence-electron chi connectivity index (χ2n) is 6.29. The van der Waals surface area contributed by atoms with Crippen molar-refractivity contribution in [2.45, 2.75) is 38.0 Å². The average molecular weight is 211 g/mol. The smallest absolute Gasteiger partial charge is 0.0105 e. The van der Waals surface area contributed by atoms with Crippen molar-refractivity contribution in [2.75, 3.05) is 0 Å². The van der Waals surface area contributed by atoms with E-state index in [1.165, 1.54) is 25.7 Å². The molecule has 4 fully saturated rings. The van der Waals surface area contributed by atoms with Crippen LogP contribution in [0.5, 0.6) is 0 Å². The maximum absolute atomic E-state index is 3.27. The van der Waals surface area contributed by atoms with E-state index in [0.717, 1.165) is 29.6 Å². The Morgan fingerprint density at radius 3 is 2.19 bits per heavy atom. The lowest BCUT2D eigenvalue weighted by Gasteiger charge is -2.54. The van der Waals surface area contributed by atoms with Crippen molar-refractivity contribution >= 4 is 0 Å². The zero-order valence-electron chi connectivity index (χ0n) is 9.73. The van der Waals surface area contributed by atoms with E-state index < -0.39 is 0 Å². The standard InChI is InChI=1S/C16H19/c1-2-4-13(5-3-1)16-14-7-11-6-12(9-14)10-15(16)8-11/h1-2,4-5,11-12,14-16H,6-10H2. The molecule has 1 aromatic rings. The van der Waals surface area contributed by atoms with Crippen molar-refractivity contribution in [3.05, 3.63) is 35.9 Å². The zero-order chi connectivity index (χ0) is 10.5. The van der Waals surface area contributed by atoms with Crippen LogP contribution < -0.4 is 0 Å². The number of hydrogen-bond donors (Lipinski definition) is 0. The predicted octanol–water partition coefficient (Wildman–Crippen LogP) is 4.03. The SMILES string of the molecule is [c]1cccc(C2C3CC4CC(C3)CC2C4)c1. The molecule has 5 rings (SSSR count). The summed E-state index contributed by atoms with van der Waals surface area (Å²) in [4.78, 5) is 0. The molecule has 0 nitrogen and oxygen atoms in total. The summed E-state index contributed by atoms with van der Waals surface area (Å²) in [5.41, 5.74) is 1.58. The summed E-state index contributed by atoms with van der Waals surface area (Å²) < 4.78 is 0. The Kier molecular flexibility index (Phi) is 1.94. The van der Waals surface area contributed by atoms with Crippen LogP contribution in [-0.4, -0.2) is 0 Å². The van der Waals surface area contributed by atoms with Crippen LogP contribution in [-0.2, 0) is 0 Å². The Morgan fingerprint density at radius 2 is 1.62 bits per heavy atom. The van der Waals surface area contributed by atoms with Gasteiger partial charge in [-0.15, -0.1) is 0 Å². The first-order valence-corrected chi connectivity index (χ1v) is 6.86. The van der Waals surface area contributed by atoms with Gasteiger partial charge in [-0.05, 0) is 73.3 Å². The van der Waals surface area contributed by atoms with Gasteiger partial charge in [0.15, 0.2) is 0 Å². The fraction of sp³-hybridized carbons (Fsp3) is 0.625. The largest absolute Gasteiger partial charge is 0.0614 e. The summed E-state index contributed by atoms with van der Waals surface area (Å²) in [6.07, 6.45) is 7.64. The number of benzene rings is 1. The molecule has 0 aliphatic heterocycles. The normalized spacial score (nSPS) is 44.9. The molecule has 0 spiro atoms. The maximum atomic E-state index is 3.27. The first-order valence-electron chi connectivity index (χ1n) is 6.86. The summed E-state index contributed by atoms with van der Waals surface area (Å²) in [6.45, 7) is 0. The topological polar surface area (TPSA) is 0 Å². The van der Waals surface area contributed by atoms with Gasteiger partial charge in [-0.1, -0.05) is 24.3 Å². The van der Waals surface area contributed by atoms with Crippen molar-refractivity contribution < 1.29 is 0 Å². The van der Waals surface area contributed by atoms with E-state index in [1.54, 1.807) is 12.0 Å². The third kappa shape index (κ3) is 1.28. The molecule has 0 aromatic heterocycles. The summed E-state index contributed by atoms with van der Waals surface area (Å²) in [5, 5.41) is 0. The van der Waals surface area contributed by atoms with E-state index in [0.29, 0.717) is 0 Å². The van der Waals surface area contributed by atoms with Crippen molar-refractivity contribution in [2.24, 2.45) is 23.7 Å². The van der Waals surface area contributed by atoms with Gasteiger partial charge in [-0.3, -0.25) is 0 Å². The minimum Gasteiger partial charge on any atom is -0.0614 e. The second-order valence-corrected chi connectivity index (χ2v) is 6.29. The van der Waals surface area contributed by atoms with Crippen LogP contribution in [0, 0.1) is 29.7 Å². The van der Waals surface area contributed by atoms with E-state index in [-0.39, 0.29) is 0 Å². The Hall–Kier alpha value is -0.780. The molecule has 0 N–H and O–H groups in total. The van der Waals surface area contributed by atoms with Gasteiger partial charge in [-0.25, -0.2) is 0 Å². The summed E-state index contributed by atoms with van der Waals surface area (Å²) in [5.74, 6) is 5.07. The zero-order valence-corrected chi connectivity index (χ0v) is 9.73. The van der Waals surface area contributed by atoms with Crippen LogP contribution in [0.3, 0.4) is 0 Å². The fourth-order valence-corrected chi connectivity index (χ4v) is 5.08.